The minimum absolute atomic E-state index is 0.0998. The van der Waals surface area contributed by atoms with E-state index in [0.717, 1.165) is 5.56 Å². The minimum Gasteiger partial charge on any atom is -0.381 e. The van der Waals surface area contributed by atoms with Crippen LogP contribution in [0.25, 0.3) is 0 Å². The molecular weight excluding hydrogens is 291 g/mol. The summed E-state index contributed by atoms with van der Waals surface area (Å²) in [5, 5.41) is 8.32. The Morgan fingerprint density at radius 1 is 1.19 bits per heavy atom. The molecule has 112 valence electrons. The van der Waals surface area contributed by atoms with Crippen molar-refractivity contribution in [2.45, 2.75) is 25.3 Å². The molecule has 6 heteroatoms. The largest absolute Gasteiger partial charge is 0.381 e. The van der Waals surface area contributed by atoms with Gasteiger partial charge in [-0.05, 0) is 48.7 Å². The summed E-state index contributed by atoms with van der Waals surface area (Å²) in [6.45, 7) is 3.86. The molecule has 2 aromatic rings. The Morgan fingerprint density at radius 2 is 1.90 bits per heavy atom. The summed E-state index contributed by atoms with van der Waals surface area (Å²) in [4.78, 5) is 0.0998. The van der Waals surface area contributed by atoms with Crippen LogP contribution in [0.1, 0.15) is 16.7 Å². The molecule has 4 nitrogen and oxygen atoms in total. The zero-order chi connectivity index (χ0) is 15.6. The van der Waals surface area contributed by atoms with Crippen LogP contribution in [-0.2, 0) is 16.6 Å². The van der Waals surface area contributed by atoms with Crippen molar-refractivity contribution in [3.05, 3.63) is 58.9 Å². The fourth-order valence-corrected chi connectivity index (χ4v) is 2.93. The van der Waals surface area contributed by atoms with Crippen molar-refractivity contribution in [3.63, 3.8) is 0 Å². The summed E-state index contributed by atoms with van der Waals surface area (Å²) in [5.41, 5.74) is 2.74. The second-order valence-electron chi connectivity index (χ2n) is 4.91. The summed E-state index contributed by atoms with van der Waals surface area (Å²) >= 11 is 0. The Labute approximate surface area is 123 Å². The average Bonchev–Trinajstić information content (AvgIpc) is 2.40. The lowest BCUT2D eigenvalue weighted by atomic mass is 10.1. The van der Waals surface area contributed by atoms with E-state index in [0.29, 0.717) is 23.4 Å². The van der Waals surface area contributed by atoms with Crippen molar-refractivity contribution in [1.29, 1.82) is 0 Å². The first-order chi connectivity index (χ1) is 9.79. The lowest BCUT2D eigenvalue weighted by Crippen LogP contribution is -2.14. The van der Waals surface area contributed by atoms with Crippen LogP contribution >= 0.6 is 0 Å². The van der Waals surface area contributed by atoms with Gasteiger partial charge in [0.2, 0.25) is 10.0 Å². The van der Waals surface area contributed by atoms with Gasteiger partial charge in [-0.25, -0.2) is 17.9 Å². The first-order valence-electron chi connectivity index (χ1n) is 6.40. The number of nitrogens with one attached hydrogen (secondary N) is 1. The number of benzene rings is 2. The van der Waals surface area contributed by atoms with Gasteiger partial charge in [-0.1, -0.05) is 18.2 Å². The van der Waals surface area contributed by atoms with Gasteiger partial charge in [-0.2, -0.15) is 0 Å². The molecule has 3 N–H and O–H groups in total. The van der Waals surface area contributed by atoms with E-state index >= 15 is 0 Å². The van der Waals surface area contributed by atoms with Crippen molar-refractivity contribution in [2.75, 3.05) is 5.32 Å². The number of hydrogen-bond donors (Lipinski definition) is 2. The highest BCUT2D eigenvalue weighted by Crippen LogP contribution is 2.22. The molecule has 0 bridgehead atoms. The smallest absolute Gasteiger partial charge is 0.238 e. The number of anilines is 1. The lowest BCUT2D eigenvalue weighted by Gasteiger charge is -2.12. The van der Waals surface area contributed by atoms with Gasteiger partial charge in [-0.15, -0.1) is 0 Å². The quantitative estimate of drug-likeness (QED) is 0.912. The summed E-state index contributed by atoms with van der Waals surface area (Å²) in [7, 11) is -3.74. The minimum atomic E-state index is -3.74. The van der Waals surface area contributed by atoms with Crippen LogP contribution in [-0.4, -0.2) is 8.42 Å². The van der Waals surface area contributed by atoms with Crippen LogP contribution in [0.3, 0.4) is 0 Å². The number of hydrogen-bond acceptors (Lipinski definition) is 3. The highest BCUT2D eigenvalue weighted by molar-refractivity contribution is 7.89. The zero-order valence-corrected chi connectivity index (χ0v) is 12.7. The molecule has 0 aliphatic rings. The number of halogens is 1. The van der Waals surface area contributed by atoms with Crippen molar-refractivity contribution in [1.82, 2.24) is 0 Å². The number of sulfonamides is 1. The lowest BCUT2D eigenvalue weighted by molar-refractivity contribution is 0.597. The Kier molecular flexibility index (Phi) is 4.29. The molecule has 0 aliphatic heterocycles. The first-order valence-corrected chi connectivity index (χ1v) is 7.95. The molecule has 0 fully saturated rings. The monoisotopic (exact) mass is 308 g/mol. The Hall–Kier alpha value is -1.92. The molecular formula is C15H17FN2O2S. The van der Waals surface area contributed by atoms with E-state index in [1.54, 1.807) is 38.1 Å². The van der Waals surface area contributed by atoms with Crippen molar-refractivity contribution in [3.8, 4) is 0 Å². The SMILES string of the molecule is Cc1cc(CNc2cccc(S(N)(=O)=O)c2C)ccc1F. The van der Waals surface area contributed by atoms with Gasteiger partial charge < -0.3 is 5.32 Å². The van der Waals surface area contributed by atoms with Gasteiger partial charge in [0.1, 0.15) is 5.82 Å². The zero-order valence-electron chi connectivity index (χ0n) is 11.9. The first kappa shape index (κ1) is 15.5. The van der Waals surface area contributed by atoms with Crippen LogP contribution in [0.5, 0.6) is 0 Å². The maximum absolute atomic E-state index is 13.2. The molecule has 0 aliphatic carbocycles. The van der Waals surface area contributed by atoms with Gasteiger partial charge >= 0.3 is 0 Å². The molecule has 2 aromatic carbocycles. The molecule has 0 unspecified atom stereocenters. The third kappa shape index (κ3) is 3.59. The second kappa shape index (κ2) is 5.83. The fraction of sp³-hybridized carbons (Fsp3) is 0.200. The molecule has 21 heavy (non-hydrogen) atoms. The second-order valence-corrected chi connectivity index (χ2v) is 6.44. The number of nitrogens with two attached hydrogens (primary N) is 1. The summed E-state index contributed by atoms with van der Waals surface area (Å²) in [6, 6.07) is 9.73. The van der Waals surface area contributed by atoms with E-state index in [2.05, 4.69) is 5.32 Å². The van der Waals surface area contributed by atoms with Crippen LogP contribution in [0.15, 0.2) is 41.3 Å². The highest BCUT2D eigenvalue weighted by Gasteiger charge is 2.13. The van der Waals surface area contributed by atoms with E-state index in [4.69, 9.17) is 5.14 Å². The van der Waals surface area contributed by atoms with E-state index in [1.165, 1.54) is 12.1 Å². The average molecular weight is 308 g/mol. The highest BCUT2D eigenvalue weighted by atomic mass is 32.2. The van der Waals surface area contributed by atoms with E-state index < -0.39 is 10.0 Å². The predicted octanol–water partition coefficient (Wildman–Crippen LogP) is 2.70. The fourth-order valence-electron chi connectivity index (χ4n) is 2.13. The molecule has 0 saturated carbocycles. The molecule has 0 spiro atoms. The third-order valence-electron chi connectivity index (χ3n) is 3.30. The van der Waals surface area contributed by atoms with Gasteiger partial charge in [-0.3, -0.25) is 0 Å². The van der Waals surface area contributed by atoms with Gasteiger partial charge in [0.05, 0.1) is 4.90 Å². The summed E-state index contributed by atoms with van der Waals surface area (Å²) < 4.78 is 36.2. The van der Waals surface area contributed by atoms with Gasteiger partial charge in [0.15, 0.2) is 0 Å². The van der Waals surface area contributed by atoms with E-state index in [1.807, 2.05) is 0 Å². The normalized spacial score (nSPS) is 11.4. The molecule has 0 amide bonds. The molecule has 0 atom stereocenters. The van der Waals surface area contributed by atoms with Crippen molar-refractivity contribution in [2.24, 2.45) is 5.14 Å². The van der Waals surface area contributed by atoms with Crippen LogP contribution in [0, 0.1) is 19.7 Å². The maximum atomic E-state index is 13.2. The standard InChI is InChI=1S/C15H17FN2O2S/c1-10-8-12(6-7-13(10)16)9-18-14-4-3-5-15(11(14)2)21(17,19)20/h3-8,18H,9H2,1-2H3,(H2,17,19,20). The molecule has 0 saturated heterocycles. The van der Waals surface area contributed by atoms with E-state index in [9.17, 15) is 12.8 Å². The van der Waals surface area contributed by atoms with Gasteiger partial charge in [0, 0.05) is 12.2 Å². The Morgan fingerprint density at radius 3 is 2.52 bits per heavy atom. The van der Waals surface area contributed by atoms with Crippen molar-refractivity contribution < 1.29 is 12.8 Å². The molecule has 2 rings (SSSR count). The van der Waals surface area contributed by atoms with Gasteiger partial charge in [0.25, 0.3) is 0 Å². The predicted molar refractivity (Wildman–Crippen MR) is 81.0 cm³/mol. The number of aryl methyl sites for hydroxylation is 1. The maximum Gasteiger partial charge on any atom is 0.238 e. The summed E-state index contributed by atoms with van der Waals surface area (Å²) in [5.74, 6) is -0.244. The molecule has 0 radical (unpaired) electrons. The third-order valence-corrected chi connectivity index (χ3v) is 4.35. The van der Waals surface area contributed by atoms with E-state index in [-0.39, 0.29) is 10.7 Å². The van der Waals surface area contributed by atoms with Crippen molar-refractivity contribution >= 4 is 15.7 Å². The topological polar surface area (TPSA) is 72.2 Å². The Bertz CT molecular complexity index is 773. The molecule has 0 aromatic heterocycles. The van der Waals surface area contributed by atoms with Crippen LogP contribution < -0.4 is 10.5 Å². The van der Waals surface area contributed by atoms with Crippen LogP contribution in [0.4, 0.5) is 10.1 Å². The molecule has 0 heterocycles. The Balaban J connectivity index is 2.23. The summed E-state index contributed by atoms with van der Waals surface area (Å²) in [6.07, 6.45) is 0. The number of rotatable bonds is 4. The number of primary sulfonamides is 1. The van der Waals surface area contributed by atoms with Crippen LogP contribution in [0.2, 0.25) is 0 Å².